The van der Waals surface area contributed by atoms with E-state index in [2.05, 4.69) is 5.32 Å². The molecular weight excluding hydrogens is 106 g/mol. The fourth-order valence-electron chi connectivity index (χ4n) is 0.314. The fourth-order valence-corrected chi connectivity index (χ4v) is 0.314. The summed E-state index contributed by atoms with van der Waals surface area (Å²) in [4.78, 5) is 9.63. The summed E-state index contributed by atoms with van der Waals surface area (Å²) in [5, 5.41) is 10.9. The number of nitrogens with one attached hydrogen (secondary N) is 1. The number of hydrogen-bond acceptors (Lipinski definition) is 2. The molecule has 3 nitrogen and oxygen atoms in total. The molecule has 0 heterocycles. The summed E-state index contributed by atoms with van der Waals surface area (Å²) in [5.41, 5.74) is 0. The highest BCUT2D eigenvalue weighted by Crippen LogP contribution is 1.86. The van der Waals surface area contributed by atoms with Crippen molar-refractivity contribution >= 4 is 6.41 Å². The Kier molecular flexibility index (Phi) is 4.26. The van der Waals surface area contributed by atoms with E-state index in [4.69, 9.17) is 5.11 Å². The van der Waals surface area contributed by atoms with E-state index in [0.29, 0.717) is 13.0 Å². The zero-order valence-corrected chi connectivity index (χ0v) is 4.92. The highest BCUT2D eigenvalue weighted by molar-refractivity contribution is 5.45. The van der Waals surface area contributed by atoms with Gasteiger partial charge < -0.3 is 10.4 Å². The molecule has 48 valence electrons. The Hall–Kier alpha value is -0.570. The van der Waals surface area contributed by atoms with Gasteiger partial charge in [-0.15, -0.1) is 0 Å². The summed E-state index contributed by atoms with van der Waals surface area (Å²) >= 11 is 0. The van der Waals surface area contributed by atoms with Crippen LogP contribution in [0, 0.1) is 5.92 Å². The van der Waals surface area contributed by atoms with Gasteiger partial charge in [-0.3, -0.25) is 4.79 Å². The van der Waals surface area contributed by atoms with Gasteiger partial charge >= 0.3 is 0 Å². The monoisotopic (exact) mass is 117 g/mol. The molecule has 3 heteroatoms. The van der Waals surface area contributed by atoms with E-state index in [-0.39, 0.29) is 12.5 Å². The smallest absolute Gasteiger partial charge is 0.207 e. The number of carbonyl (C=O) groups excluding carboxylic acids is 1. The summed E-state index contributed by atoms with van der Waals surface area (Å²) in [6, 6.07) is 0. The Morgan fingerprint density at radius 2 is 2.50 bits per heavy atom. The number of rotatable bonds is 4. The second-order valence-electron chi connectivity index (χ2n) is 1.81. The maximum Gasteiger partial charge on any atom is 0.207 e. The van der Waals surface area contributed by atoms with Crippen LogP contribution in [0.25, 0.3) is 0 Å². The molecule has 1 atom stereocenters. The van der Waals surface area contributed by atoms with E-state index in [0.717, 1.165) is 0 Å². The lowest BCUT2D eigenvalue weighted by Gasteiger charge is -2.03. The van der Waals surface area contributed by atoms with Crippen LogP contribution in [-0.2, 0) is 4.79 Å². The standard InChI is InChI=1S/C5H11NO2/c1-5(3-7)2-6-4-8/h4-5,7H,2-3H2,1H3,(H,6,8). The first-order valence-electron chi connectivity index (χ1n) is 2.59. The van der Waals surface area contributed by atoms with E-state index >= 15 is 0 Å². The van der Waals surface area contributed by atoms with Crippen molar-refractivity contribution in [2.45, 2.75) is 6.92 Å². The summed E-state index contributed by atoms with van der Waals surface area (Å²) in [6.07, 6.45) is 0.631. The normalized spacial score (nSPS) is 12.8. The fraction of sp³-hybridized carbons (Fsp3) is 0.800. The van der Waals surface area contributed by atoms with Crippen LogP contribution < -0.4 is 5.32 Å². The Morgan fingerprint density at radius 3 is 2.88 bits per heavy atom. The predicted octanol–water partition coefficient (Wildman–Crippen LogP) is -0.639. The molecule has 8 heavy (non-hydrogen) atoms. The minimum atomic E-state index is 0.126. The van der Waals surface area contributed by atoms with E-state index in [1.807, 2.05) is 6.92 Å². The van der Waals surface area contributed by atoms with Crippen molar-refractivity contribution in [3.8, 4) is 0 Å². The Morgan fingerprint density at radius 1 is 1.88 bits per heavy atom. The number of amides is 1. The number of aliphatic hydroxyl groups excluding tert-OH is 1. The van der Waals surface area contributed by atoms with Crippen molar-refractivity contribution in [2.24, 2.45) is 5.92 Å². The van der Waals surface area contributed by atoms with Crippen LogP contribution in [0.1, 0.15) is 6.92 Å². The van der Waals surface area contributed by atoms with Gasteiger partial charge in [-0.2, -0.15) is 0 Å². The van der Waals surface area contributed by atoms with Crippen LogP contribution in [0.4, 0.5) is 0 Å². The lowest BCUT2D eigenvalue weighted by molar-refractivity contribution is -0.109. The molecule has 0 aliphatic carbocycles. The van der Waals surface area contributed by atoms with Crippen LogP contribution in [0.15, 0.2) is 0 Å². The Bertz CT molecular complexity index is 65.4. The third-order valence-electron chi connectivity index (χ3n) is 0.861. The molecule has 1 amide bonds. The van der Waals surface area contributed by atoms with Crippen molar-refractivity contribution < 1.29 is 9.90 Å². The summed E-state index contributed by atoms with van der Waals surface area (Å²) in [6.45, 7) is 2.54. The SMILES string of the molecule is CC(CO)CNC=O. The summed E-state index contributed by atoms with van der Waals surface area (Å²) < 4.78 is 0. The van der Waals surface area contributed by atoms with Crippen LogP contribution >= 0.6 is 0 Å². The second-order valence-corrected chi connectivity index (χ2v) is 1.81. The van der Waals surface area contributed by atoms with E-state index in [9.17, 15) is 4.79 Å². The first kappa shape index (κ1) is 7.43. The third kappa shape index (κ3) is 3.61. The van der Waals surface area contributed by atoms with Crippen LogP contribution in [0.3, 0.4) is 0 Å². The quantitative estimate of drug-likeness (QED) is 0.481. The van der Waals surface area contributed by atoms with E-state index < -0.39 is 0 Å². The Labute approximate surface area is 48.7 Å². The molecule has 0 bridgehead atoms. The molecule has 0 fully saturated rings. The molecule has 0 radical (unpaired) electrons. The molecular formula is C5H11NO2. The van der Waals surface area contributed by atoms with E-state index in [1.54, 1.807) is 0 Å². The average Bonchev–Trinajstić information content (AvgIpc) is 1.83. The van der Waals surface area contributed by atoms with Crippen molar-refractivity contribution in [1.82, 2.24) is 5.32 Å². The van der Waals surface area contributed by atoms with Crippen molar-refractivity contribution in [2.75, 3.05) is 13.2 Å². The van der Waals surface area contributed by atoms with Gasteiger partial charge in [0.25, 0.3) is 0 Å². The van der Waals surface area contributed by atoms with Gasteiger partial charge in [0.15, 0.2) is 0 Å². The number of carbonyl (C=O) groups is 1. The topological polar surface area (TPSA) is 49.3 Å². The molecule has 0 aromatic carbocycles. The molecule has 0 rings (SSSR count). The van der Waals surface area contributed by atoms with Crippen LogP contribution in [0.2, 0.25) is 0 Å². The van der Waals surface area contributed by atoms with Crippen molar-refractivity contribution in [1.29, 1.82) is 0 Å². The maximum absolute atomic E-state index is 9.63. The second kappa shape index (κ2) is 4.59. The van der Waals surface area contributed by atoms with Crippen LogP contribution in [0.5, 0.6) is 0 Å². The molecule has 0 saturated heterocycles. The van der Waals surface area contributed by atoms with E-state index in [1.165, 1.54) is 0 Å². The number of aliphatic hydroxyl groups is 1. The predicted molar refractivity (Wildman–Crippen MR) is 30.3 cm³/mol. The third-order valence-corrected chi connectivity index (χ3v) is 0.861. The molecule has 0 aliphatic heterocycles. The number of hydrogen-bond donors (Lipinski definition) is 2. The first-order chi connectivity index (χ1) is 3.81. The lowest BCUT2D eigenvalue weighted by atomic mass is 10.2. The molecule has 0 aliphatic rings. The molecule has 0 saturated carbocycles. The molecule has 0 aromatic rings. The van der Waals surface area contributed by atoms with Gasteiger partial charge in [0.2, 0.25) is 6.41 Å². The molecule has 0 spiro atoms. The lowest BCUT2D eigenvalue weighted by Crippen LogP contribution is -2.21. The highest BCUT2D eigenvalue weighted by Gasteiger charge is 1.95. The van der Waals surface area contributed by atoms with Crippen molar-refractivity contribution in [3.05, 3.63) is 0 Å². The summed E-state index contributed by atoms with van der Waals surface area (Å²) in [5.74, 6) is 0.167. The molecule has 0 aromatic heterocycles. The van der Waals surface area contributed by atoms with Crippen molar-refractivity contribution in [3.63, 3.8) is 0 Å². The Balaban J connectivity index is 2.97. The highest BCUT2D eigenvalue weighted by atomic mass is 16.3. The first-order valence-corrected chi connectivity index (χ1v) is 2.59. The molecule has 1 unspecified atom stereocenters. The molecule has 2 N–H and O–H groups in total. The van der Waals surface area contributed by atoms with Gasteiger partial charge in [0.1, 0.15) is 0 Å². The zero-order valence-electron chi connectivity index (χ0n) is 4.92. The minimum absolute atomic E-state index is 0.126. The minimum Gasteiger partial charge on any atom is -0.396 e. The average molecular weight is 117 g/mol. The van der Waals surface area contributed by atoms with Gasteiger partial charge in [0.05, 0.1) is 0 Å². The largest absolute Gasteiger partial charge is 0.396 e. The van der Waals surface area contributed by atoms with Gasteiger partial charge in [-0.1, -0.05) is 6.92 Å². The zero-order chi connectivity index (χ0) is 6.41. The summed E-state index contributed by atoms with van der Waals surface area (Å²) in [7, 11) is 0. The van der Waals surface area contributed by atoms with Gasteiger partial charge in [-0.05, 0) is 5.92 Å². The van der Waals surface area contributed by atoms with Gasteiger partial charge in [0, 0.05) is 13.2 Å². The van der Waals surface area contributed by atoms with Crippen LogP contribution in [-0.4, -0.2) is 24.7 Å². The van der Waals surface area contributed by atoms with Gasteiger partial charge in [-0.25, -0.2) is 0 Å². The maximum atomic E-state index is 9.63.